The molecule has 25 heavy (non-hydrogen) atoms. The molecule has 4 rings (SSSR count). The Hall–Kier alpha value is -3.47. The van der Waals surface area contributed by atoms with Gasteiger partial charge in [-0.25, -0.2) is 4.98 Å². The van der Waals surface area contributed by atoms with Crippen molar-refractivity contribution in [2.24, 2.45) is 0 Å². The van der Waals surface area contributed by atoms with E-state index in [-0.39, 0.29) is 11.3 Å². The molecule has 5 heteroatoms. The molecular weight excluding hydrogens is 314 g/mol. The Labute approximate surface area is 143 Å². The highest BCUT2D eigenvalue weighted by Gasteiger charge is 2.14. The average molecular weight is 329 g/mol. The van der Waals surface area contributed by atoms with E-state index in [4.69, 9.17) is 0 Å². The second kappa shape index (κ2) is 5.87. The fourth-order valence-electron chi connectivity index (χ4n) is 2.93. The highest BCUT2D eigenvalue weighted by Crippen LogP contribution is 2.19. The Bertz CT molecular complexity index is 1180. The second-order valence-electron chi connectivity index (χ2n) is 5.85. The summed E-state index contributed by atoms with van der Waals surface area (Å²) in [5.74, 6) is 0.166. The third-order valence-corrected chi connectivity index (χ3v) is 4.11. The SMILES string of the molecule is Cc1cccc(NC(=O)c2cccc3c(=O)c4ccccc4[nH]c23)n1. The number of pyridine rings is 2. The zero-order valence-corrected chi connectivity index (χ0v) is 13.5. The van der Waals surface area contributed by atoms with E-state index in [1.807, 2.05) is 37.3 Å². The number of H-pyrrole nitrogens is 1. The van der Waals surface area contributed by atoms with Gasteiger partial charge >= 0.3 is 0 Å². The van der Waals surface area contributed by atoms with E-state index in [0.717, 1.165) is 5.69 Å². The van der Waals surface area contributed by atoms with E-state index in [1.165, 1.54) is 0 Å². The molecule has 0 unspecified atom stereocenters. The number of aromatic amines is 1. The third kappa shape index (κ3) is 2.65. The molecule has 0 radical (unpaired) electrons. The van der Waals surface area contributed by atoms with E-state index in [0.29, 0.717) is 33.2 Å². The van der Waals surface area contributed by atoms with Crippen LogP contribution in [0.3, 0.4) is 0 Å². The lowest BCUT2D eigenvalue weighted by molar-refractivity contribution is 0.102. The molecule has 0 aliphatic rings. The Morgan fingerprint density at radius 2 is 1.72 bits per heavy atom. The molecule has 0 atom stereocenters. The van der Waals surface area contributed by atoms with Gasteiger partial charge in [-0.1, -0.05) is 24.3 Å². The number of hydrogen-bond donors (Lipinski definition) is 2. The Balaban J connectivity index is 1.87. The molecular formula is C20H15N3O2. The number of aromatic nitrogens is 2. The lowest BCUT2D eigenvalue weighted by atomic mass is 10.1. The number of hydrogen-bond acceptors (Lipinski definition) is 3. The van der Waals surface area contributed by atoms with E-state index < -0.39 is 0 Å². The molecule has 0 saturated heterocycles. The number of aryl methyl sites for hydroxylation is 1. The van der Waals surface area contributed by atoms with Crippen molar-refractivity contribution >= 4 is 33.5 Å². The number of para-hydroxylation sites is 2. The van der Waals surface area contributed by atoms with Crippen molar-refractivity contribution in [3.63, 3.8) is 0 Å². The van der Waals surface area contributed by atoms with Gasteiger partial charge in [-0.05, 0) is 43.3 Å². The number of fused-ring (bicyclic) bond motifs is 2. The normalized spacial score (nSPS) is 10.9. The highest BCUT2D eigenvalue weighted by atomic mass is 16.1. The molecule has 5 nitrogen and oxygen atoms in total. The van der Waals surface area contributed by atoms with Gasteiger partial charge in [0, 0.05) is 22.0 Å². The van der Waals surface area contributed by atoms with Crippen LogP contribution in [0.1, 0.15) is 16.1 Å². The number of carbonyl (C=O) groups excluding carboxylic acids is 1. The van der Waals surface area contributed by atoms with E-state index in [2.05, 4.69) is 15.3 Å². The molecule has 1 amide bonds. The predicted molar refractivity (Wildman–Crippen MR) is 99.0 cm³/mol. The molecule has 122 valence electrons. The molecule has 4 aromatic rings. The van der Waals surface area contributed by atoms with Crippen LogP contribution in [-0.2, 0) is 0 Å². The summed E-state index contributed by atoms with van der Waals surface area (Å²) < 4.78 is 0. The lowest BCUT2D eigenvalue weighted by Gasteiger charge is -2.09. The Morgan fingerprint density at radius 1 is 0.960 bits per heavy atom. The van der Waals surface area contributed by atoms with Crippen LogP contribution in [0, 0.1) is 6.92 Å². The number of nitrogens with zero attached hydrogens (tertiary/aromatic N) is 1. The summed E-state index contributed by atoms with van der Waals surface area (Å²) in [4.78, 5) is 32.9. The minimum atomic E-state index is -0.311. The van der Waals surface area contributed by atoms with Crippen molar-refractivity contribution in [3.8, 4) is 0 Å². The summed E-state index contributed by atoms with van der Waals surface area (Å²) in [5, 5.41) is 3.88. The maximum atomic E-state index is 12.7. The molecule has 0 bridgehead atoms. The van der Waals surface area contributed by atoms with Gasteiger partial charge in [0.05, 0.1) is 11.1 Å². The fourth-order valence-corrected chi connectivity index (χ4v) is 2.93. The average Bonchev–Trinajstić information content (AvgIpc) is 2.61. The van der Waals surface area contributed by atoms with Crippen LogP contribution in [0.2, 0.25) is 0 Å². The van der Waals surface area contributed by atoms with Crippen molar-refractivity contribution in [1.82, 2.24) is 9.97 Å². The van der Waals surface area contributed by atoms with Gasteiger partial charge in [0.25, 0.3) is 5.91 Å². The minimum absolute atomic E-state index is 0.0901. The van der Waals surface area contributed by atoms with Crippen molar-refractivity contribution in [2.75, 3.05) is 5.32 Å². The van der Waals surface area contributed by atoms with Gasteiger partial charge in [-0.3, -0.25) is 9.59 Å². The maximum Gasteiger partial charge on any atom is 0.258 e. The molecule has 2 aromatic heterocycles. The molecule has 2 heterocycles. The Morgan fingerprint density at radius 3 is 2.56 bits per heavy atom. The number of carbonyl (C=O) groups is 1. The lowest BCUT2D eigenvalue weighted by Crippen LogP contribution is -2.15. The smallest absolute Gasteiger partial charge is 0.258 e. The molecule has 2 N–H and O–H groups in total. The van der Waals surface area contributed by atoms with Crippen LogP contribution in [0.25, 0.3) is 21.8 Å². The van der Waals surface area contributed by atoms with Gasteiger partial charge in [-0.15, -0.1) is 0 Å². The van der Waals surface area contributed by atoms with E-state index in [1.54, 1.807) is 30.3 Å². The zero-order valence-electron chi connectivity index (χ0n) is 13.5. The van der Waals surface area contributed by atoms with Gasteiger partial charge < -0.3 is 10.3 Å². The highest BCUT2D eigenvalue weighted by molar-refractivity contribution is 6.12. The first-order valence-corrected chi connectivity index (χ1v) is 7.92. The Kier molecular flexibility index (Phi) is 3.54. The van der Waals surface area contributed by atoms with Gasteiger partial charge in [0.2, 0.25) is 0 Å². The summed E-state index contributed by atoms with van der Waals surface area (Å²) in [6, 6.07) is 17.8. The van der Waals surface area contributed by atoms with Crippen molar-refractivity contribution < 1.29 is 4.79 Å². The summed E-state index contributed by atoms with van der Waals surface area (Å²) in [6.45, 7) is 1.86. The largest absolute Gasteiger partial charge is 0.354 e. The van der Waals surface area contributed by atoms with Gasteiger partial charge in [0.1, 0.15) is 5.82 Å². The number of rotatable bonds is 2. The second-order valence-corrected chi connectivity index (χ2v) is 5.85. The van der Waals surface area contributed by atoms with Gasteiger partial charge in [-0.2, -0.15) is 0 Å². The van der Waals surface area contributed by atoms with Crippen LogP contribution in [0.15, 0.2) is 65.5 Å². The van der Waals surface area contributed by atoms with Crippen molar-refractivity contribution in [1.29, 1.82) is 0 Å². The third-order valence-electron chi connectivity index (χ3n) is 4.11. The van der Waals surface area contributed by atoms with E-state index in [9.17, 15) is 9.59 Å². The summed E-state index contributed by atoms with van der Waals surface area (Å²) in [6.07, 6.45) is 0. The summed E-state index contributed by atoms with van der Waals surface area (Å²) >= 11 is 0. The van der Waals surface area contributed by atoms with Crippen molar-refractivity contribution in [3.05, 3.63) is 82.1 Å². The minimum Gasteiger partial charge on any atom is -0.354 e. The monoisotopic (exact) mass is 329 g/mol. The molecule has 0 aliphatic heterocycles. The predicted octanol–water partition coefficient (Wildman–Crippen LogP) is 3.64. The molecule has 0 fully saturated rings. The van der Waals surface area contributed by atoms with Crippen LogP contribution < -0.4 is 10.7 Å². The quantitative estimate of drug-likeness (QED) is 0.551. The van der Waals surface area contributed by atoms with Crippen LogP contribution in [0.5, 0.6) is 0 Å². The number of benzene rings is 2. The summed E-state index contributed by atoms with van der Waals surface area (Å²) in [7, 11) is 0. The van der Waals surface area contributed by atoms with E-state index >= 15 is 0 Å². The van der Waals surface area contributed by atoms with Crippen LogP contribution in [-0.4, -0.2) is 15.9 Å². The topological polar surface area (TPSA) is 74.8 Å². The number of amides is 1. The molecule has 0 saturated carbocycles. The first-order valence-electron chi connectivity index (χ1n) is 7.92. The fraction of sp³-hybridized carbons (Fsp3) is 0.0500. The number of nitrogens with one attached hydrogen (secondary N) is 2. The molecule has 0 aliphatic carbocycles. The maximum absolute atomic E-state index is 12.7. The van der Waals surface area contributed by atoms with Crippen molar-refractivity contribution in [2.45, 2.75) is 6.92 Å². The molecule has 0 spiro atoms. The molecule has 2 aromatic carbocycles. The van der Waals surface area contributed by atoms with Crippen LogP contribution in [0.4, 0.5) is 5.82 Å². The first-order chi connectivity index (χ1) is 12.1. The summed E-state index contributed by atoms with van der Waals surface area (Å²) in [5.41, 5.74) is 2.36. The zero-order chi connectivity index (χ0) is 17.4. The standard InChI is InChI=1S/C20H15N3O2/c1-12-6-4-11-17(21-12)23-20(25)15-9-5-8-14-18(15)22-16-10-3-2-7-13(16)19(14)24/h2-11H,1H3,(H,22,24)(H,21,23,25). The number of anilines is 1. The first kappa shape index (κ1) is 15.1. The van der Waals surface area contributed by atoms with Crippen LogP contribution >= 0.6 is 0 Å². The van der Waals surface area contributed by atoms with Gasteiger partial charge in [0.15, 0.2) is 5.43 Å².